The van der Waals surface area contributed by atoms with Gasteiger partial charge in [0.15, 0.2) is 0 Å². The third-order valence-corrected chi connectivity index (χ3v) is 2.76. The van der Waals surface area contributed by atoms with Gasteiger partial charge in [-0.25, -0.2) is 4.79 Å². The second-order valence-electron chi connectivity index (χ2n) is 3.56. The van der Waals surface area contributed by atoms with Gasteiger partial charge < -0.3 is 9.84 Å². The molecule has 0 unspecified atom stereocenters. The van der Waals surface area contributed by atoms with Crippen LogP contribution in [-0.2, 0) is 4.74 Å². The molecule has 0 amide bonds. The van der Waals surface area contributed by atoms with Gasteiger partial charge in [-0.2, -0.15) is 0 Å². The van der Waals surface area contributed by atoms with Crippen molar-refractivity contribution < 1.29 is 14.6 Å². The van der Waals surface area contributed by atoms with Crippen LogP contribution in [0.2, 0.25) is 5.02 Å². The highest BCUT2D eigenvalue weighted by molar-refractivity contribution is 6.33. The summed E-state index contributed by atoms with van der Waals surface area (Å²) in [5.74, 6) is -0.493. The van der Waals surface area contributed by atoms with E-state index in [2.05, 4.69) is 9.72 Å². The first-order chi connectivity index (χ1) is 8.63. The van der Waals surface area contributed by atoms with Crippen LogP contribution in [0.25, 0.3) is 11.3 Å². The molecule has 18 heavy (non-hydrogen) atoms. The predicted octanol–water partition coefficient (Wildman–Crippen LogP) is 2.89. The van der Waals surface area contributed by atoms with Crippen molar-refractivity contribution in [3.8, 4) is 17.0 Å². The monoisotopic (exact) mass is 263 g/mol. The van der Waals surface area contributed by atoms with Crippen molar-refractivity contribution in [2.24, 2.45) is 0 Å². The minimum absolute atomic E-state index is 0.0376. The molecule has 0 radical (unpaired) electrons. The number of benzene rings is 1. The zero-order valence-electron chi connectivity index (χ0n) is 9.55. The van der Waals surface area contributed by atoms with Gasteiger partial charge in [-0.1, -0.05) is 17.7 Å². The molecule has 0 atom stereocenters. The number of carbonyl (C=O) groups excluding carboxylic acids is 1. The number of hydrogen-bond donors (Lipinski definition) is 1. The molecule has 0 spiro atoms. The summed E-state index contributed by atoms with van der Waals surface area (Å²) in [7, 11) is 1.28. The van der Waals surface area contributed by atoms with Crippen molar-refractivity contribution in [1.29, 1.82) is 0 Å². The van der Waals surface area contributed by atoms with Crippen molar-refractivity contribution >= 4 is 17.6 Å². The average Bonchev–Trinajstić information content (AvgIpc) is 2.39. The Kier molecular flexibility index (Phi) is 3.48. The normalized spacial score (nSPS) is 10.1. The van der Waals surface area contributed by atoms with Crippen molar-refractivity contribution in [2.45, 2.75) is 0 Å². The number of esters is 1. The molecule has 1 N–H and O–H groups in total. The first-order valence-corrected chi connectivity index (χ1v) is 5.53. The first kappa shape index (κ1) is 12.4. The Morgan fingerprint density at radius 3 is 2.83 bits per heavy atom. The zero-order chi connectivity index (χ0) is 13.1. The van der Waals surface area contributed by atoms with E-state index in [4.69, 9.17) is 11.6 Å². The molecule has 0 saturated carbocycles. The molecule has 1 heterocycles. The topological polar surface area (TPSA) is 59.4 Å². The molecular weight excluding hydrogens is 254 g/mol. The average molecular weight is 264 g/mol. The van der Waals surface area contributed by atoms with Gasteiger partial charge in [-0.3, -0.25) is 4.98 Å². The lowest BCUT2D eigenvalue weighted by Crippen LogP contribution is -2.02. The Bertz CT molecular complexity index is 599. The maximum absolute atomic E-state index is 11.5. The molecule has 0 aliphatic heterocycles. The van der Waals surface area contributed by atoms with E-state index in [9.17, 15) is 9.90 Å². The molecule has 1 aromatic carbocycles. The van der Waals surface area contributed by atoms with Crippen LogP contribution in [0.4, 0.5) is 0 Å². The van der Waals surface area contributed by atoms with E-state index in [1.54, 1.807) is 24.4 Å². The summed E-state index contributed by atoms with van der Waals surface area (Å²) < 4.78 is 4.63. The third kappa shape index (κ3) is 2.28. The fourth-order valence-electron chi connectivity index (χ4n) is 1.56. The molecule has 5 heteroatoms. The smallest absolute Gasteiger partial charge is 0.339 e. The Labute approximate surface area is 109 Å². The molecule has 0 fully saturated rings. The second-order valence-corrected chi connectivity index (χ2v) is 3.96. The third-order valence-electron chi connectivity index (χ3n) is 2.43. The molecular formula is C13H10ClNO3. The minimum atomic E-state index is -0.530. The minimum Gasteiger partial charge on any atom is -0.506 e. The summed E-state index contributed by atoms with van der Waals surface area (Å²) in [6.45, 7) is 0. The van der Waals surface area contributed by atoms with Gasteiger partial charge in [0.05, 0.1) is 17.7 Å². The van der Waals surface area contributed by atoms with E-state index >= 15 is 0 Å². The predicted molar refractivity (Wildman–Crippen MR) is 67.7 cm³/mol. The molecule has 0 aliphatic carbocycles. The van der Waals surface area contributed by atoms with E-state index < -0.39 is 5.97 Å². The van der Waals surface area contributed by atoms with E-state index in [-0.39, 0.29) is 11.3 Å². The number of nitrogens with zero attached hydrogens (tertiary/aromatic N) is 1. The van der Waals surface area contributed by atoms with Crippen LogP contribution < -0.4 is 0 Å². The maximum Gasteiger partial charge on any atom is 0.339 e. The lowest BCUT2D eigenvalue weighted by atomic mass is 10.1. The van der Waals surface area contributed by atoms with Crippen molar-refractivity contribution in [1.82, 2.24) is 4.98 Å². The summed E-state index contributed by atoms with van der Waals surface area (Å²) in [6.07, 6.45) is 1.56. The lowest BCUT2D eigenvalue weighted by molar-refractivity contribution is 0.0601. The highest BCUT2D eigenvalue weighted by atomic mass is 35.5. The summed E-state index contributed by atoms with van der Waals surface area (Å²) in [5, 5.41) is 10.0. The Morgan fingerprint density at radius 1 is 1.39 bits per heavy atom. The Hall–Kier alpha value is -2.07. The van der Waals surface area contributed by atoms with Gasteiger partial charge in [0, 0.05) is 11.8 Å². The van der Waals surface area contributed by atoms with Gasteiger partial charge in [0.2, 0.25) is 0 Å². The van der Waals surface area contributed by atoms with Crippen LogP contribution >= 0.6 is 11.6 Å². The Morgan fingerprint density at radius 2 is 2.17 bits per heavy atom. The van der Waals surface area contributed by atoms with Gasteiger partial charge in [-0.15, -0.1) is 0 Å². The summed E-state index contributed by atoms with van der Waals surface area (Å²) in [4.78, 5) is 15.6. The molecule has 2 rings (SSSR count). The molecule has 92 valence electrons. The first-order valence-electron chi connectivity index (χ1n) is 5.15. The van der Waals surface area contributed by atoms with E-state index in [0.29, 0.717) is 16.3 Å². The number of aromatic hydroxyl groups is 1. The van der Waals surface area contributed by atoms with Crippen LogP contribution in [0, 0.1) is 0 Å². The van der Waals surface area contributed by atoms with Crippen molar-refractivity contribution in [2.75, 3.05) is 7.11 Å². The summed E-state index contributed by atoms with van der Waals surface area (Å²) in [5.41, 5.74) is 1.22. The molecule has 1 aromatic heterocycles. The fraction of sp³-hybridized carbons (Fsp3) is 0.0769. The zero-order valence-corrected chi connectivity index (χ0v) is 10.3. The molecule has 2 aromatic rings. The molecule has 0 saturated heterocycles. The van der Waals surface area contributed by atoms with Crippen LogP contribution in [0.5, 0.6) is 5.75 Å². The van der Waals surface area contributed by atoms with E-state index in [0.717, 1.165) is 0 Å². The largest absolute Gasteiger partial charge is 0.506 e. The SMILES string of the molecule is COC(=O)c1cc(-c2ncccc2O)ccc1Cl. The van der Waals surface area contributed by atoms with Crippen LogP contribution in [-0.4, -0.2) is 23.2 Å². The number of rotatable bonds is 2. The van der Waals surface area contributed by atoms with Crippen LogP contribution in [0.15, 0.2) is 36.5 Å². The number of pyridine rings is 1. The fourth-order valence-corrected chi connectivity index (χ4v) is 1.75. The maximum atomic E-state index is 11.5. The summed E-state index contributed by atoms with van der Waals surface area (Å²) >= 11 is 5.91. The van der Waals surface area contributed by atoms with E-state index in [1.807, 2.05) is 0 Å². The van der Waals surface area contributed by atoms with Crippen molar-refractivity contribution in [3.05, 3.63) is 47.1 Å². The number of hydrogen-bond acceptors (Lipinski definition) is 4. The highest BCUT2D eigenvalue weighted by Crippen LogP contribution is 2.29. The number of halogens is 1. The summed E-state index contributed by atoms with van der Waals surface area (Å²) in [6, 6.07) is 7.93. The van der Waals surface area contributed by atoms with Gasteiger partial charge in [0.1, 0.15) is 11.4 Å². The Balaban J connectivity index is 2.54. The van der Waals surface area contributed by atoms with Crippen molar-refractivity contribution in [3.63, 3.8) is 0 Å². The molecule has 0 bridgehead atoms. The van der Waals surface area contributed by atoms with Crippen LogP contribution in [0.3, 0.4) is 0 Å². The van der Waals surface area contributed by atoms with Gasteiger partial charge in [-0.05, 0) is 24.3 Å². The molecule has 0 aliphatic rings. The lowest BCUT2D eigenvalue weighted by Gasteiger charge is -2.07. The van der Waals surface area contributed by atoms with E-state index in [1.165, 1.54) is 19.2 Å². The molecule has 4 nitrogen and oxygen atoms in total. The second kappa shape index (κ2) is 5.06. The highest BCUT2D eigenvalue weighted by Gasteiger charge is 2.13. The number of methoxy groups -OCH3 is 1. The van der Waals surface area contributed by atoms with Gasteiger partial charge in [0.25, 0.3) is 0 Å². The standard InChI is InChI=1S/C13H10ClNO3/c1-18-13(17)9-7-8(4-5-10(9)14)12-11(16)3-2-6-15-12/h2-7,16H,1H3. The quantitative estimate of drug-likeness (QED) is 0.847. The number of ether oxygens (including phenoxy) is 1. The number of aromatic nitrogens is 1. The van der Waals surface area contributed by atoms with Crippen LogP contribution in [0.1, 0.15) is 10.4 Å². The van der Waals surface area contributed by atoms with Gasteiger partial charge >= 0.3 is 5.97 Å². The number of carbonyl (C=O) groups is 1.